The molecule has 0 aliphatic heterocycles. The Kier molecular flexibility index (Phi) is 4.33. The number of benzene rings is 1. The number of hydrogen-bond donors (Lipinski definition) is 1. The van der Waals surface area contributed by atoms with Crippen molar-refractivity contribution in [1.82, 2.24) is 5.32 Å². The molecule has 1 rings (SSSR count). The fourth-order valence-corrected chi connectivity index (χ4v) is 1.30. The lowest BCUT2D eigenvalue weighted by molar-refractivity contribution is 0.0937. The van der Waals surface area contributed by atoms with E-state index < -0.39 is 6.04 Å². The van der Waals surface area contributed by atoms with Crippen molar-refractivity contribution >= 4 is 17.5 Å². The molecule has 0 spiro atoms. The third kappa shape index (κ3) is 3.25. The molecule has 0 aliphatic rings. The molecule has 1 aromatic rings. The normalized spacial score (nSPS) is 11.9. The Balaban J connectivity index is 2.73. The minimum atomic E-state index is -0.469. The van der Waals surface area contributed by atoms with Crippen LogP contribution >= 0.6 is 11.6 Å². The van der Waals surface area contributed by atoms with Crippen molar-refractivity contribution < 1.29 is 4.79 Å². The van der Waals surface area contributed by atoms with Gasteiger partial charge in [0.05, 0.1) is 6.07 Å². The molecule has 0 bridgehead atoms. The highest BCUT2D eigenvalue weighted by molar-refractivity contribution is 6.30. The number of nitriles is 1. The van der Waals surface area contributed by atoms with Crippen LogP contribution in [0.3, 0.4) is 0 Å². The van der Waals surface area contributed by atoms with E-state index in [1.54, 1.807) is 24.3 Å². The number of carbonyl (C=O) groups excluding carboxylic acids is 1. The summed E-state index contributed by atoms with van der Waals surface area (Å²) in [4.78, 5) is 11.7. The predicted octanol–water partition coefficient (Wildman–Crippen LogP) is 2.62. The van der Waals surface area contributed by atoms with Gasteiger partial charge >= 0.3 is 0 Å². The molecule has 16 heavy (non-hydrogen) atoms. The summed E-state index contributed by atoms with van der Waals surface area (Å²) in [7, 11) is 0. The smallest absolute Gasteiger partial charge is 0.252 e. The van der Waals surface area contributed by atoms with Gasteiger partial charge < -0.3 is 5.32 Å². The van der Waals surface area contributed by atoms with Crippen molar-refractivity contribution in [1.29, 1.82) is 5.26 Å². The number of carbonyl (C=O) groups is 1. The van der Waals surface area contributed by atoms with Crippen molar-refractivity contribution in [3.63, 3.8) is 0 Å². The molecule has 84 valence electrons. The van der Waals surface area contributed by atoms with E-state index in [4.69, 9.17) is 16.9 Å². The minimum absolute atomic E-state index is 0.0845. The van der Waals surface area contributed by atoms with Crippen LogP contribution in [0.1, 0.15) is 24.2 Å². The van der Waals surface area contributed by atoms with Crippen LogP contribution in [-0.2, 0) is 0 Å². The number of halogens is 1. The van der Waals surface area contributed by atoms with Crippen LogP contribution in [0.25, 0.3) is 0 Å². The Morgan fingerprint density at radius 3 is 2.38 bits per heavy atom. The average molecular weight is 237 g/mol. The quantitative estimate of drug-likeness (QED) is 0.877. The molecule has 3 nitrogen and oxygen atoms in total. The van der Waals surface area contributed by atoms with Gasteiger partial charge in [-0.3, -0.25) is 4.79 Å². The molecular formula is C12H13ClN2O. The maximum atomic E-state index is 11.7. The van der Waals surface area contributed by atoms with Gasteiger partial charge in [0.2, 0.25) is 0 Å². The third-order valence-electron chi connectivity index (χ3n) is 2.20. The van der Waals surface area contributed by atoms with Gasteiger partial charge in [-0.05, 0) is 30.2 Å². The maximum absolute atomic E-state index is 11.7. The summed E-state index contributed by atoms with van der Waals surface area (Å²) < 4.78 is 0. The first-order valence-electron chi connectivity index (χ1n) is 5.00. The largest absolute Gasteiger partial charge is 0.336 e. The number of amides is 1. The SMILES string of the molecule is CC(C)C(C#N)NC(=O)c1ccc(Cl)cc1. The zero-order valence-corrected chi connectivity index (χ0v) is 9.95. The Morgan fingerprint density at radius 2 is 1.94 bits per heavy atom. The summed E-state index contributed by atoms with van der Waals surface area (Å²) in [6, 6.07) is 8.14. The van der Waals surface area contributed by atoms with Crippen molar-refractivity contribution in [2.75, 3.05) is 0 Å². The van der Waals surface area contributed by atoms with Gasteiger partial charge in [-0.15, -0.1) is 0 Å². The van der Waals surface area contributed by atoms with Crippen LogP contribution in [0.2, 0.25) is 5.02 Å². The molecule has 1 N–H and O–H groups in total. The van der Waals surface area contributed by atoms with Crippen LogP contribution in [0, 0.1) is 17.2 Å². The number of hydrogen-bond acceptors (Lipinski definition) is 2. The summed E-state index contributed by atoms with van der Waals surface area (Å²) in [6.45, 7) is 3.77. The zero-order valence-electron chi connectivity index (χ0n) is 9.20. The first kappa shape index (κ1) is 12.5. The Hall–Kier alpha value is -1.53. The van der Waals surface area contributed by atoms with Gasteiger partial charge in [-0.1, -0.05) is 25.4 Å². The summed E-state index contributed by atoms with van der Waals surface area (Å²) in [5.74, 6) is -0.168. The van der Waals surface area contributed by atoms with Gasteiger partial charge in [0, 0.05) is 10.6 Å². The Bertz CT molecular complexity index is 406. The number of nitrogens with zero attached hydrogens (tertiary/aromatic N) is 1. The van der Waals surface area contributed by atoms with E-state index in [0.717, 1.165) is 0 Å². The lowest BCUT2D eigenvalue weighted by Crippen LogP contribution is -2.37. The monoisotopic (exact) mass is 236 g/mol. The van der Waals surface area contributed by atoms with Crippen LogP contribution in [-0.4, -0.2) is 11.9 Å². The van der Waals surface area contributed by atoms with Crippen LogP contribution in [0.5, 0.6) is 0 Å². The van der Waals surface area contributed by atoms with Crippen molar-refractivity contribution in [3.05, 3.63) is 34.9 Å². The maximum Gasteiger partial charge on any atom is 0.252 e. The first-order valence-corrected chi connectivity index (χ1v) is 5.38. The van der Waals surface area contributed by atoms with Crippen molar-refractivity contribution in [2.45, 2.75) is 19.9 Å². The summed E-state index contributed by atoms with van der Waals surface area (Å²) >= 11 is 5.72. The molecule has 1 aromatic carbocycles. The average Bonchev–Trinajstić information content (AvgIpc) is 2.26. The molecule has 1 amide bonds. The molecule has 0 radical (unpaired) electrons. The van der Waals surface area contributed by atoms with E-state index in [9.17, 15) is 4.79 Å². The summed E-state index contributed by atoms with van der Waals surface area (Å²) in [5.41, 5.74) is 0.505. The van der Waals surface area contributed by atoms with E-state index in [-0.39, 0.29) is 11.8 Å². The van der Waals surface area contributed by atoms with Crippen LogP contribution < -0.4 is 5.32 Å². The molecule has 0 aliphatic carbocycles. The molecule has 0 saturated heterocycles. The number of rotatable bonds is 3. The molecule has 1 unspecified atom stereocenters. The number of nitrogens with one attached hydrogen (secondary N) is 1. The highest BCUT2D eigenvalue weighted by Gasteiger charge is 2.15. The second kappa shape index (κ2) is 5.53. The third-order valence-corrected chi connectivity index (χ3v) is 2.45. The standard InChI is InChI=1S/C12H13ClN2O/c1-8(2)11(7-14)15-12(16)9-3-5-10(13)6-4-9/h3-6,8,11H,1-2H3,(H,15,16). The molecule has 0 fully saturated rings. The second-order valence-electron chi connectivity index (χ2n) is 3.83. The fourth-order valence-electron chi connectivity index (χ4n) is 1.17. The molecule has 0 saturated carbocycles. The van der Waals surface area contributed by atoms with Crippen LogP contribution in [0.4, 0.5) is 0 Å². The van der Waals surface area contributed by atoms with Gasteiger partial charge in [0.25, 0.3) is 5.91 Å². The minimum Gasteiger partial charge on any atom is -0.336 e. The molecular weight excluding hydrogens is 224 g/mol. The van der Waals surface area contributed by atoms with Crippen LogP contribution in [0.15, 0.2) is 24.3 Å². The van der Waals surface area contributed by atoms with Gasteiger partial charge in [0.1, 0.15) is 6.04 Å². The highest BCUT2D eigenvalue weighted by Crippen LogP contribution is 2.10. The van der Waals surface area contributed by atoms with Crippen molar-refractivity contribution in [3.8, 4) is 6.07 Å². The molecule has 0 aromatic heterocycles. The molecule has 1 atom stereocenters. The van der Waals surface area contributed by atoms with E-state index in [1.165, 1.54) is 0 Å². The van der Waals surface area contributed by atoms with Gasteiger partial charge in [-0.25, -0.2) is 0 Å². The molecule has 0 heterocycles. The van der Waals surface area contributed by atoms with Gasteiger partial charge in [0.15, 0.2) is 0 Å². The van der Waals surface area contributed by atoms with E-state index in [1.807, 2.05) is 13.8 Å². The fraction of sp³-hybridized carbons (Fsp3) is 0.333. The second-order valence-corrected chi connectivity index (χ2v) is 4.27. The van der Waals surface area contributed by atoms with E-state index in [2.05, 4.69) is 11.4 Å². The Morgan fingerprint density at radius 1 is 1.38 bits per heavy atom. The lowest BCUT2D eigenvalue weighted by atomic mass is 10.1. The van der Waals surface area contributed by atoms with E-state index in [0.29, 0.717) is 10.6 Å². The van der Waals surface area contributed by atoms with Crippen molar-refractivity contribution in [2.24, 2.45) is 5.92 Å². The highest BCUT2D eigenvalue weighted by atomic mass is 35.5. The zero-order chi connectivity index (χ0) is 12.1. The van der Waals surface area contributed by atoms with E-state index >= 15 is 0 Å². The summed E-state index contributed by atoms with van der Waals surface area (Å²) in [5, 5.41) is 12.1. The topological polar surface area (TPSA) is 52.9 Å². The lowest BCUT2D eigenvalue weighted by Gasteiger charge is -2.14. The Labute approximate surface area is 100 Å². The summed E-state index contributed by atoms with van der Waals surface area (Å²) in [6.07, 6.45) is 0. The molecule has 4 heteroatoms. The first-order chi connectivity index (χ1) is 7.54. The van der Waals surface area contributed by atoms with Gasteiger partial charge in [-0.2, -0.15) is 5.26 Å². The predicted molar refractivity (Wildman–Crippen MR) is 63.2 cm³/mol.